The number of rotatable bonds is 3. The lowest BCUT2D eigenvalue weighted by atomic mass is 10.2. The Morgan fingerprint density at radius 1 is 1.61 bits per heavy atom. The van der Waals surface area contributed by atoms with Crippen LogP contribution in [0.2, 0.25) is 0 Å². The monoisotopic (exact) mass is 280 g/mol. The van der Waals surface area contributed by atoms with Gasteiger partial charge in [0, 0.05) is 12.6 Å². The van der Waals surface area contributed by atoms with Gasteiger partial charge in [0.25, 0.3) is 0 Å². The average molecular weight is 280 g/mol. The Morgan fingerprint density at radius 2 is 2.50 bits per heavy atom. The van der Waals surface area contributed by atoms with Crippen LogP contribution in [0.5, 0.6) is 0 Å². The zero-order chi connectivity index (χ0) is 12.5. The molecule has 1 fully saturated rings. The van der Waals surface area contributed by atoms with Crippen LogP contribution >= 0.6 is 23.6 Å². The fourth-order valence-electron chi connectivity index (χ4n) is 2.50. The molecule has 1 aliphatic rings. The summed E-state index contributed by atoms with van der Waals surface area (Å²) in [5.41, 5.74) is 0. The van der Waals surface area contributed by atoms with Crippen LogP contribution < -0.4 is 0 Å². The Morgan fingerprint density at radius 3 is 3.17 bits per heavy atom. The first-order valence-corrected chi connectivity index (χ1v) is 7.44. The minimum atomic E-state index is 0.577. The first-order chi connectivity index (χ1) is 8.75. The van der Waals surface area contributed by atoms with Crippen molar-refractivity contribution in [2.75, 3.05) is 13.6 Å². The average Bonchev–Trinajstić information content (AvgIpc) is 3.04. The smallest absolute Gasteiger partial charge is 0.195 e. The second kappa shape index (κ2) is 4.95. The lowest BCUT2D eigenvalue weighted by Crippen LogP contribution is -2.29. The minimum Gasteiger partial charge on any atom is -0.302 e. The maximum atomic E-state index is 5.35. The Labute approximate surface area is 115 Å². The van der Waals surface area contributed by atoms with Crippen molar-refractivity contribution in [2.24, 2.45) is 0 Å². The van der Waals surface area contributed by atoms with Crippen LogP contribution in [-0.4, -0.2) is 39.3 Å². The van der Waals surface area contributed by atoms with Crippen molar-refractivity contribution in [2.45, 2.75) is 25.4 Å². The maximum Gasteiger partial charge on any atom is 0.195 e. The maximum absolute atomic E-state index is 5.35. The third-order valence-corrected chi connectivity index (χ3v) is 4.74. The van der Waals surface area contributed by atoms with Gasteiger partial charge in [0.05, 0.1) is 4.88 Å². The van der Waals surface area contributed by atoms with Gasteiger partial charge in [-0.3, -0.25) is 9.67 Å². The second-order valence-electron chi connectivity index (χ2n) is 4.72. The van der Waals surface area contributed by atoms with Crippen LogP contribution in [-0.2, 0) is 6.54 Å². The van der Waals surface area contributed by atoms with E-state index in [9.17, 15) is 0 Å². The molecule has 0 amide bonds. The summed E-state index contributed by atoms with van der Waals surface area (Å²) < 4.78 is 2.85. The summed E-state index contributed by atoms with van der Waals surface area (Å²) in [4.78, 5) is 3.58. The molecule has 18 heavy (non-hydrogen) atoms. The van der Waals surface area contributed by atoms with Crippen molar-refractivity contribution in [3.05, 3.63) is 22.3 Å². The van der Waals surface area contributed by atoms with Gasteiger partial charge in [0.2, 0.25) is 0 Å². The van der Waals surface area contributed by atoms with Crippen LogP contribution in [0.1, 0.15) is 12.8 Å². The highest BCUT2D eigenvalue weighted by atomic mass is 32.1. The van der Waals surface area contributed by atoms with Gasteiger partial charge in [-0.1, -0.05) is 6.07 Å². The van der Waals surface area contributed by atoms with E-state index < -0.39 is 0 Å². The molecule has 0 saturated carbocycles. The van der Waals surface area contributed by atoms with Crippen molar-refractivity contribution in [1.82, 2.24) is 19.7 Å². The summed E-state index contributed by atoms with van der Waals surface area (Å²) in [7, 11) is 2.19. The van der Waals surface area contributed by atoms with Gasteiger partial charge < -0.3 is 4.90 Å². The fourth-order valence-corrected chi connectivity index (χ4v) is 3.43. The number of nitrogens with one attached hydrogen (secondary N) is 1. The summed E-state index contributed by atoms with van der Waals surface area (Å²) in [5.74, 6) is 0.968. The molecule has 0 bridgehead atoms. The zero-order valence-electron chi connectivity index (χ0n) is 10.3. The van der Waals surface area contributed by atoms with Crippen LogP contribution in [0.3, 0.4) is 0 Å². The molecule has 0 spiro atoms. The third kappa shape index (κ3) is 2.15. The summed E-state index contributed by atoms with van der Waals surface area (Å²) in [5, 5.41) is 9.35. The van der Waals surface area contributed by atoms with Gasteiger partial charge in [0.1, 0.15) is 0 Å². The van der Waals surface area contributed by atoms with E-state index in [0.29, 0.717) is 6.04 Å². The highest BCUT2D eigenvalue weighted by Gasteiger charge is 2.23. The largest absolute Gasteiger partial charge is 0.302 e. The number of thiophene rings is 1. The highest BCUT2D eigenvalue weighted by Crippen LogP contribution is 2.25. The lowest BCUT2D eigenvalue weighted by Gasteiger charge is -2.20. The standard InChI is InChI=1S/C12H16N4S2/c1-15-6-2-4-9(15)8-16-11(13-14-12(16)17)10-5-3-7-18-10/h3,5,7,9H,2,4,6,8H2,1H3,(H,14,17). The Balaban J connectivity index is 1.92. The molecule has 3 rings (SSSR count). The predicted octanol–water partition coefficient (Wildman–Crippen LogP) is 2.76. The number of nitrogens with zero attached hydrogens (tertiary/aromatic N) is 3. The molecule has 1 N–H and O–H groups in total. The third-order valence-electron chi connectivity index (χ3n) is 3.56. The SMILES string of the molecule is CN1CCCC1Cn1c(-c2cccs2)n[nH]c1=S. The van der Waals surface area contributed by atoms with E-state index in [4.69, 9.17) is 12.2 Å². The highest BCUT2D eigenvalue weighted by molar-refractivity contribution is 7.71. The molecule has 6 heteroatoms. The Hall–Kier alpha value is -0.980. The van der Waals surface area contributed by atoms with E-state index in [1.54, 1.807) is 11.3 Å². The van der Waals surface area contributed by atoms with Crippen molar-refractivity contribution in [1.29, 1.82) is 0 Å². The molecular weight excluding hydrogens is 264 g/mol. The molecule has 96 valence electrons. The molecule has 1 atom stereocenters. The van der Waals surface area contributed by atoms with Crippen molar-refractivity contribution in [3.63, 3.8) is 0 Å². The van der Waals surface area contributed by atoms with Gasteiger partial charge in [-0.2, -0.15) is 5.10 Å². The number of hydrogen-bond donors (Lipinski definition) is 1. The minimum absolute atomic E-state index is 0.577. The van der Waals surface area contributed by atoms with Crippen LogP contribution in [0, 0.1) is 4.77 Å². The summed E-state index contributed by atoms with van der Waals surface area (Å²) in [6, 6.07) is 4.71. The Bertz CT molecular complexity index is 569. The van der Waals surface area contributed by atoms with Crippen LogP contribution in [0.25, 0.3) is 10.7 Å². The first kappa shape index (κ1) is 12.1. The van der Waals surface area contributed by atoms with Gasteiger partial charge in [-0.25, -0.2) is 0 Å². The molecule has 0 radical (unpaired) electrons. The van der Waals surface area contributed by atoms with Crippen molar-refractivity contribution < 1.29 is 0 Å². The van der Waals surface area contributed by atoms with Crippen LogP contribution in [0.4, 0.5) is 0 Å². The molecular formula is C12H16N4S2. The number of aromatic nitrogens is 3. The van der Waals surface area contributed by atoms with E-state index in [1.807, 2.05) is 6.07 Å². The molecule has 0 aromatic carbocycles. The summed E-state index contributed by atoms with van der Waals surface area (Å²) in [6.07, 6.45) is 2.52. The number of aromatic amines is 1. The quantitative estimate of drug-likeness (QED) is 0.878. The normalized spacial score (nSPS) is 20.6. The molecule has 3 heterocycles. The van der Waals surface area contributed by atoms with Crippen molar-refractivity contribution >= 4 is 23.6 Å². The zero-order valence-corrected chi connectivity index (χ0v) is 11.9. The summed E-state index contributed by atoms with van der Waals surface area (Å²) >= 11 is 7.05. The van der Waals surface area contributed by atoms with Gasteiger partial charge in [-0.15, -0.1) is 11.3 Å². The topological polar surface area (TPSA) is 36.9 Å². The number of hydrogen-bond acceptors (Lipinski definition) is 4. The number of likely N-dealkylation sites (N-methyl/N-ethyl adjacent to an activating group) is 1. The van der Waals surface area contributed by atoms with E-state index in [1.165, 1.54) is 24.3 Å². The molecule has 0 aliphatic carbocycles. The molecule has 1 unspecified atom stereocenters. The molecule has 2 aromatic rings. The molecule has 4 nitrogen and oxygen atoms in total. The predicted molar refractivity (Wildman–Crippen MR) is 76.4 cm³/mol. The van der Waals surface area contributed by atoms with Crippen molar-refractivity contribution in [3.8, 4) is 10.7 Å². The Kier molecular flexibility index (Phi) is 3.32. The number of likely N-dealkylation sites (tertiary alicyclic amines) is 1. The van der Waals surface area contributed by atoms with Gasteiger partial charge in [0.15, 0.2) is 10.6 Å². The molecule has 2 aromatic heterocycles. The van der Waals surface area contributed by atoms with E-state index in [-0.39, 0.29) is 0 Å². The van der Waals surface area contributed by atoms with Crippen LogP contribution in [0.15, 0.2) is 17.5 Å². The van der Waals surface area contributed by atoms with E-state index in [2.05, 4.69) is 38.2 Å². The lowest BCUT2D eigenvalue weighted by molar-refractivity contribution is 0.282. The van der Waals surface area contributed by atoms with Gasteiger partial charge >= 0.3 is 0 Å². The molecule has 1 aliphatic heterocycles. The second-order valence-corrected chi connectivity index (χ2v) is 6.05. The number of H-pyrrole nitrogens is 1. The summed E-state index contributed by atoms with van der Waals surface area (Å²) in [6.45, 7) is 2.11. The fraction of sp³-hybridized carbons (Fsp3) is 0.500. The molecule has 1 saturated heterocycles. The van der Waals surface area contributed by atoms with E-state index >= 15 is 0 Å². The van der Waals surface area contributed by atoms with Gasteiger partial charge in [-0.05, 0) is 50.1 Å². The first-order valence-electron chi connectivity index (χ1n) is 6.15. The van der Waals surface area contributed by atoms with E-state index in [0.717, 1.165) is 17.1 Å².